The lowest BCUT2D eigenvalue weighted by Crippen LogP contribution is -2.37. The van der Waals surface area contributed by atoms with E-state index in [4.69, 9.17) is 0 Å². The van der Waals surface area contributed by atoms with Crippen LogP contribution in [0, 0.1) is 0 Å². The first kappa shape index (κ1) is 24.0. The molecule has 0 bridgehead atoms. The molecule has 1 fully saturated rings. The Balaban J connectivity index is 1.47. The predicted octanol–water partition coefficient (Wildman–Crippen LogP) is 4.26. The number of imide groups is 1. The van der Waals surface area contributed by atoms with Crippen molar-refractivity contribution in [3.8, 4) is 0 Å². The third-order valence-electron chi connectivity index (χ3n) is 7.47. The Morgan fingerprint density at radius 1 is 0.946 bits per heavy atom. The number of nitrogens with one attached hydrogen (secondary N) is 2. The SMILES string of the molecule is CSc1ccc2c(C3=C(c4c[nH]c5ccccc45)C(=O)NC3=O)cn(CC(O)CN3CCCCC3)c2c1. The standard InChI is InChI=1S/C29H30N4O3S/c1-37-19-9-10-21-23(17-33(25(21)13-19)16-18(34)15-32-11-5-2-6-12-32)27-26(28(35)31-29(27)36)22-14-30-24-8-4-3-7-20(22)24/h3-4,7-10,13-14,17-18,30,34H,2,5-6,11-12,15-16H2,1H3,(H,31,35,36). The maximum Gasteiger partial charge on any atom is 0.259 e. The van der Waals surface area contributed by atoms with Crippen molar-refractivity contribution in [1.82, 2.24) is 19.8 Å². The molecule has 37 heavy (non-hydrogen) atoms. The van der Waals surface area contributed by atoms with E-state index in [1.54, 1.807) is 18.0 Å². The van der Waals surface area contributed by atoms with Gasteiger partial charge in [0.05, 0.1) is 17.3 Å². The van der Waals surface area contributed by atoms with Crippen molar-refractivity contribution in [2.75, 3.05) is 25.9 Å². The van der Waals surface area contributed by atoms with Crippen LogP contribution in [0.5, 0.6) is 0 Å². The number of carbonyl (C=O) groups is 2. The van der Waals surface area contributed by atoms with Crippen molar-refractivity contribution in [1.29, 1.82) is 0 Å². The molecular formula is C29H30N4O3S. The summed E-state index contributed by atoms with van der Waals surface area (Å²) in [4.78, 5) is 33.0. The molecule has 2 aromatic heterocycles. The summed E-state index contributed by atoms with van der Waals surface area (Å²) in [5, 5.41) is 15.3. The number of aliphatic hydroxyl groups excluding tert-OH is 1. The van der Waals surface area contributed by atoms with Gasteiger partial charge in [0.25, 0.3) is 11.8 Å². The van der Waals surface area contributed by atoms with E-state index in [9.17, 15) is 14.7 Å². The number of fused-ring (bicyclic) bond motifs is 2. The molecule has 0 saturated carbocycles. The molecule has 4 aromatic rings. The number of thioether (sulfide) groups is 1. The van der Waals surface area contributed by atoms with Gasteiger partial charge < -0.3 is 19.6 Å². The highest BCUT2D eigenvalue weighted by atomic mass is 32.2. The lowest BCUT2D eigenvalue weighted by atomic mass is 9.95. The van der Waals surface area contributed by atoms with E-state index < -0.39 is 17.9 Å². The zero-order valence-corrected chi connectivity index (χ0v) is 21.6. The third-order valence-corrected chi connectivity index (χ3v) is 8.20. The lowest BCUT2D eigenvalue weighted by molar-refractivity contribution is -0.122. The normalized spacial score (nSPS) is 17.8. The molecule has 7 nitrogen and oxygen atoms in total. The van der Waals surface area contributed by atoms with Crippen LogP contribution in [0.4, 0.5) is 0 Å². The molecule has 3 N–H and O–H groups in total. The molecule has 8 heteroatoms. The Morgan fingerprint density at radius 3 is 2.49 bits per heavy atom. The van der Waals surface area contributed by atoms with E-state index in [1.807, 2.05) is 53.4 Å². The van der Waals surface area contributed by atoms with Crippen LogP contribution < -0.4 is 5.32 Å². The summed E-state index contributed by atoms with van der Waals surface area (Å²) in [5.74, 6) is -0.788. The second-order valence-corrected chi connectivity index (χ2v) is 10.8. The number of aromatic nitrogens is 2. The van der Waals surface area contributed by atoms with Gasteiger partial charge in [-0.3, -0.25) is 14.9 Å². The summed E-state index contributed by atoms with van der Waals surface area (Å²) in [6, 6.07) is 13.9. The van der Waals surface area contributed by atoms with E-state index >= 15 is 0 Å². The number of likely N-dealkylation sites (tertiary alicyclic amines) is 1. The van der Waals surface area contributed by atoms with E-state index in [0.717, 1.165) is 39.8 Å². The number of piperidine rings is 1. The van der Waals surface area contributed by atoms with Crippen LogP contribution >= 0.6 is 11.8 Å². The molecule has 0 spiro atoms. The van der Waals surface area contributed by atoms with E-state index in [1.165, 1.54) is 19.3 Å². The first-order chi connectivity index (χ1) is 18.0. The minimum absolute atomic E-state index is 0.376. The summed E-state index contributed by atoms with van der Waals surface area (Å²) in [7, 11) is 0. The number of benzene rings is 2. The monoisotopic (exact) mass is 514 g/mol. The average molecular weight is 515 g/mol. The molecule has 0 radical (unpaired) electrons. The van der Waals surface area contributed by atoms with Crippen molar-refractivity contribution in [3.63, 3.8) is 0 Å². The minimum atomic E-state index is -0.541. The summed E-state index contributed by atoms with van der Waals surface area (Å²) in [5.41, 5.74) is 4.02. The number of aromatic amines is 1. The molecule has 190 valence electrons. The smallest absolute Gasteiger partial charge is 0.259 e. The fraction of sp³-hybridized carbons (Fsp3) is 0.310. The molecule has 6 rings (SSSR count). The van der Waals surface area contributed by atoms with E-state index in [-0.39, 0.29) is 0 Å². The van der Waals surface area contributed by atoms with E-state index in [0.29, 0.717) is 35.4 Å². The van der Waals surface area contributed by atoms with Gasteiger partial charge in [-0.2, -0.15) is 0 Å². The van der Waals surface area contributed by atoms with Gasteiger partial charge in [-0.05, 0) is 50.4 Å². The van der Waals surface area contributed by atoms with Crippen molar-refractivity contribution in [2.45, 2.75) is 36.8 Å². The van der Waals surface area contributed by atoms with Gasteiger partial charge in [-0.25, -0.2) is 0 Å². The van der Waals surface area contributed by atoms with Crippen LogP contribution in [0.1, 0.15) is 30.4 Å². The highest BCUT2D eigenvalue weighted by molar-refractivity contribution is 7.98. The molecule has 1 atom stereocenters. The second kappa shape index (κ2) is 9.85. The summed E-state index contributed by atoms with van der Waals surface area (Å²) in [6.45, 7) is 3.08. The first-order valence-corrected chi connectivity index (χ1v) is 14.0. The molecule has 2 amide bonds. The Hall–Kier alpha value is -3.33. The second-order valence-electron chi connectivity index (χ2n) is 9.87. The molecule has 0 aliphatic carbocycles. The number of β-amino-alcohol motifs (C(OH)–C–C–N with tert-alkyl or cyclic N) is 1. The maximum absolute atomic E-state index is 13.2. The quantitative estimate of drug-likeness (QED) is 0.253. The Labute approximate surface area is 219 Å². The topological polar surface area (TPSA) is 90.4 Å². The van der Waals surface area contributed by atoms with Gasteiger partial charge in [0.1, 0.15) is 0 Å². The van der Waals surface area contributed by atoms with Crippen LogP contribution in [-0.2, 0) is 16.1 Å². The summed E-state index contributed by atoms with van der Waals surface area (Å²) < 4.78 is 2.04. The number of hydrogen-bond acceptors (Lipinski definition) is 5. The van der Waals surface area contributed by atoms with Crippen molar-refractivity contribution in [3.05, 3.63) is 66.0 Å². The first-order valence-electron chi connectivity index (χ1n) is 12.8. The van der Waals surface area contributed by atoms with Gasteiger partial charge in [0.2, 0.25) is 0 Å². The van der Waals surface area contributed by atoms with Crippen molar-refractivity contribution < 1.29 is 14.7 Å². The molecule has 4 heterocycles. The number of aliphatic hydroxyl groups is 1. The largest absolute Gasteiger partial charge is 0.390 e. The highest BCUT2D eigenvalue weighted by Crippen LogP contribution is 2.39. The van der Waals surface area contributed by atoms with Gasteiger partial charge in [-0.15, -0.1) is 11.8 Å². The number of H-pyrrole nitrogens is 1. The predicted molar refractivity (Wildman–Crippen MR) is 148 cm³/mol. The van der Waals surface area contributed by atoms with Crippen LogP contribution in [-0.4, -0.2) is 63.4 Å². The fourth-order valence-corrected chi connectivity index (χ4v) is 6.15. The van der Waals surface area contributed by atoms with Crippen LogP contribution in [0.3, 0.4) is 0 Å². The fourth-order valence-electron chi connectivity index (χ4n) is 5.72. The lowest BCUT2D eigenvalue weighted by Gasteiger charge is -2.28. The Morgan fingerprint density at radius 2 is 1.70 bits per heavy atom. The number of carbonyl (C=O) groups excluding carboxylic acids is 2. The number of amides is 2. The molecule has 1 saturated heterocycles. The zero-order chi connectivity index (χ0) is 25.5. The van der Waals surface area contributed by atoms with Crippen LogP contribution in [0.2, 0.25) is 0 Å². The van der Waals surface area contributed by atoms with Gasteiger partial charge in [0, 0.05) is 63.3 Å². The Bertz CT molecular complexity index is 1540. The molecule has 1 unspecified atom stereocenters. The summed E-state index contributed by atoms with van der Waals surface area (Å²) in [6.07, 6.45) is 8.82. The third kappa shape index (κ3) is 4.39. The van der Waals surface area contributed by atoms with E-state index in [2.05, 4.69) is 21.3 Å². The van der Waals surface area contributed by atoms with Crippen LogP contribution in [0.25, 0.3) is 33.0 Å². The molecular weight excluding hydrogens is 484 g/mol. The van der Waals surface area contributed by atoms with Crippen molar-refractivity contribution >= 4 is 56.5 Å². The summed E-state index contributed by atoms with van der Waals surface area (Å²) >= 11 is 1.65. The minimum Gasteiger partial charge on any atom is -0.390 e. The number of nitrogens with zero attached hydrogens (tertiary/aromatic N) is 2. The average Bonchev–Trinajstić information content (AvgIpc) is 3.57. The number of para-hydroxylation sites is 1. The Kier molecular flexibility index (Phi) is 6.40. The number of hydrogen-bond donors (Lipinski definition) is 3. The zero-order valence-electron chi connectivity index (χ0n) is 20.8. The maximum atomic E-state index is 13.2. The van der Waals surface area contributed by atoms with Gasteiger partial charge >= 0.3 is 0 Å². The van der Waals surface area contributed by atoms with Crippen molar-refractivity contribution in [2.24, 2.45) is 0 Å². The molecule has 2 aliphatic rings. The van der Waals surface area contributed by atoms with Gasteiger partial charge in [-0.1, -0.05) is 30.7 Å². The number of rotatable bonds is 7. The highest BCUT2D eigenvalue weighted by Gasteiger charge is 2.35. The van der Waals surface area contributed by atoms with Crippen LogP contribution in [0.15, 0.2) is 59.8 Å². The molecule has 2 aromatic carbocycles. The van der Waals surface area contributed by atoms with Gasteiger partial charge in [0.15, 0.2) is 0 Å². The molecule has 2 aliphatic heterocycles.